The van der Waals surface area contributed by atoms with Crippen molar-refractivity contribution in [1.29, 1.82) is 0 Å². The number of hydrogen-bond acceptors (Lipinski definition) is 2. The van der Waals surface area contributed by atoms with Crippen LogP contribution in [-0.2, 0) is 13.0 Å². The molecule has 0 saturated carbocycles. The standard InChI is InChI=1S/C25H28O2.C2H6/c1-5-7-11-21(6-2)18-26-24-15-14-23(16-20(3)4)17-25(24)27-19-22-12-9-8-10-13-22;1-2/h5-15,17H,2-3,16,18-19H2,1,4H3;1-2H3/b7-5-,21-11+;. The molecule has 2 rings (SSSR count). The van der Waals surface area contributed by atoms with E-state index in [1.807, 2.05) is 88.4 Å². The molecule has 2 heteroatoms. The van der Waals surface area contributed by atoms with E-state index in [4.69, 9.17) is 9.47 Å². The van der Waals surface area contributed by atoms with Crippen molar-refractivity contribution in [2.75, 3.05) is 6.61 Å². The number of allylic oxidation sites excluding steroid dienone is 4. The molecule has 2 aromatic rings. The Morgan fingerprint density at radius 3 is 2.31 bits per heavy atom. The van der Waals surface area contributed by atoms with Crippen molar-refractivity contribution in [3.8, 4) is 11.5 Å². The van der Waals surface area contributed by atoms with Gasteiger partial charge in [-0.1, -0.05) is 93.3 Å². The van der Waals surface area contributed by atoms with Crippen molar-refractivity contribution >= 4 is 0 Å². The largest absolute Gasteiger partial charge is 0.485 e. The van der Waals surface area contributed by atoms with Crippen molar-refractivity contribution in [1.82, 2.24) is 0 Å². The quantitative estimate of drug-likeness (QED) is 0.309. The Balaban J connectivity index is 0.00000204. The van der Waals surface area contributed by atoms with E-state index in [-0.39, 0.29) is 0 Å². The molecule has 0 fully saturated rings. The van der Waals surface area contributed by atoms with E-state index in [1.54, 1.807) is 6.08 Å². The van der Waals surface area contributed by atoms with E-state index < -0.39 is 0 Å². The van der Waals surface area contributed by atoms with Gasteiger partial charge in [0, 0.05) is 0 Å². The van der Waals surface area contributed by atoms with Gasteiger partial charge in [-0.2, -0.15) is 0 Å². The van der Waals surface area contributed by atoms with E-state index in [1.165, 1.54) is 0 Å². The average molecular weight is 391 g/mol. The fraction of sp³-hybridized carbons (Fsp3) is 0.259. The third kappa shape index (κ3) is 9.16. The molecule has 0 saturated heterocycles. The molecule has 0 unspecified atom stereocenters. The first-order valence-corrected chi connectivity index (χ1v) is 10.1. The summed E-state index contributed by atoms with van der Waals surface area (Å²) in [6, 6.07) is 16.2. The molecule has 0 atom stereocenters. The van der Waals surface area contributed by atoms with Crippen molar-refractivity contribution in [2.24, 2.45) is 0 Å². The van der Waals surface area contributed by atoms with Gasteiger partial charge in [-0.25, -0.2) is 0 Å². The van der Waals surface area contributed by atoms with Crippen LogP contribution < -0.4 is 9.47 Å². The number of benzene rings is 2. The molecule has 0 N–H and O–H groups in total. The molecule has 0 aromatic heterocycles. The number of ether oxygens (including phenoxy) is 2. The molecular weight excluding hydrogens is 356 g/mol. The second-order valence-corrected chi connectivity index (χ2v) is 6.45. The van der Waals surface area contributed by atoms with Crippen molar-refractivity contribution < 1.29 is 9.47 Å². The second kappa shape index (κ2) is 14.1. The van der Waals surface area contributed by atoms with Gasteiger partial charge >= 0.3 is 0 Å². The van der Waals surface area contributed by atoms with Crippen LogP contribution in [0.1, 0.15) is 38.8 Å². The Labute approximate surface area is 176 Å². The van der Waals surface area contributed by atoms with Gasteiger partial charge in [0.15, 0.2) is 11.5 Å². The Morgan fingerprint density at radius 2 is 1.69 bits per heavy atom. The fourth-order valence-electron chi connectivity index (χ4n) is 2.53. The first-order valence-electron chi connectivity index (χ1n) is 10.1. The molecule has 2 aromatic carbocycles. The maximum absolute atomic E-state index is 6.08. The lowest BCUT2D eigenvalue weighted by atomic mass is 10.1. The Bertz CT molecular complexity index is 814. The van der Waals surface area contributed by atoms with Crippen LogP contribution >= 0.6 is 0 Å². The van der Waals surface area contributed by atoms with E-state index >= 15 is 0 Å². The summed E-state index contributed by atoms with van der Waals surface area (Å²) in [6.45, 7) is 16.8. The first-order chi connectivity index (χ1) is 14.1. The van der Waals surface area contributed by atoms with E-state index in [0.29, 0.717) is 13.2 Å². The molecule has 29 heavy (non-hydrogen) atoms. The van der Waals surface area contributed by atoms with Gasteiger partial charge in [-0.05, 0) is 49.1 Å². The predicted molar refractivity (Wildman–Crippen MR) is 126 cm³/mol. The van der Waals surface area contributed by atoms with Gasteiger partial charge in [-0.15, -0.1) is 0 Å². The minimum atomic E-state index is 0.440. The van der Waals surface area contributed by atoms with Crippen molar-refractivity contribution in [2.45, 2.75) is 40.7 Å². The average Bonchev–Trinajstić information content (AvgIpc) is 2.75. The second-order valence-electron chi connectivity index (χ2n) is 6.45. The highest BCUT2D eigenvalue weighted by Crippen LogP contribution is 2.30. The molecule has 0 aliphatic rings. The summed E-state index contributed by atoms with van der Waals surface area (Å²) in [4.78, 5) is 0. The van der Waals surface area contributed by atoms with Crippen LogP contribution in [0.15, 0.2) is 97.1 Å². The number of hydrogen-bond donors (Lipinski definition) is 0. The van der Waals surface area contributed by atoms with Crippen LogP contribution in [0.3, 0.4) is 0 Å². The van der Waals surface area contributed by atoms with Gasteiger partial charge in [0.2, 0.25) is 0 Å². The monoisotopic (exact) mass is 390 g/mol. The van der Waals surface area contributed by atoms with Crippen LogP contribution in [-0.4, -0.2) is 6.61 Å². The van der Waals surface area contributed by atoms with Crippen LogP contribution in [0, 0.1) is 0 Å². The Hall–Kier alpha value is -3.00. The predicted octanol–water partition coefficient (Wildman–Crippen LogP) is 7.48. The molecule has 0 heterocycles. The Morgan fingerprint density at radius 1 is 0.966 bits per heavy atom. The van der Waals surface area contributed by atoms with Gasteiger partial charge in [-0.3, -0.25) is 0 Å². The summed E-state index contributed by atoms with van der Waals surface area (Å²) in [6.07, 6.45) is 8.57. The molecule has 0 radical (unpaired) electrons. The van der Waals surface area contributed by atoms with Crippen molar-refractivity contribution in [3.05, 3.63) is 108 Å². The molecule has 154 valence electrons. The molecule has 0 amide bonds. The molecule has 0 aliphatic heterocycles. The summed E-state index contributed by atoms with van der Waals surface area (Å²) < 4.78 is 12.1. The summed E-state index contributed by atoms with van der Waals surface area (Å²) >= 11 is 0. The summed E-state index contributed by atoms with van der Waals surface area (Å²) in [5, 5.41) is 0. The van der Waals surface area contributed by atoms with E-state index in [9.17, 15) is 0 Å². The molecule has 0 spiro atoms. The lowest BCUT2D eigenvalue weighted by molar-refractivity contribution is 0.273. The zero-order valence-corrected chi connectivity index (χ0v) is 18.3. The van der Waals surface area contributed by atoms with Gasteiger partial charge in [0.1, 0.15) is 13.2 Å². The lowest BCUT2D eigenvalue weighted by Gasteiger charge is -2.15. The highest BCUT2D eigenvalue weighted by molar-refractivity contribution is 5.44. The van der Waals surface area contributed by atoms with Crippen LogP contribution in [0.2, 0.25) is 0 Å². The highest BCUT2D eigenvalue weighted by Gasteiger charge is 2.08. The molecular formula is C27H34O2. The maximum atomic E-state index is 6.08. The van der Waals surface area contributed by atoms with Gasteiger partial charge in [0.05, 0.1) is 0 Å². The van der Waals surface area contributed by atoms with Crippen LogP contribution in [0.25, 0.3) is 0 Å². The maximum Gasteiger partial charge on any atom is 0.161 e. The zero-order valence-electron chi connectivity index (χ0n) is 18.3. The zero-order chi connectivity index (χ0) is 21.5. The summed E-state index contributed by atoms with van der Waals surface area (Å²) in [7, 11) is 0. The minimum absolute atomic E-state index is 0.440. The topological polar surface area (TPSA) is 18.5 Å². The molecule has 2 nitrogen and oxygen atoms in total. The summed E-state index contributed by atoms with van der Waals surface area (Å²) in [5.74, 6) is 1.47. The third-order valence-electron chi connectivity index (χ3n) is 3.91. The molecule has 0 aliphatic carbocycles. The van der Waals surface area contributed by atoms with E-state index in [2.05, 4.69) is 19.2 Å². The lowest BCUT2D eigenvalue weighted by Crippen LogP contribution is -2.03. The van der Waals surface area contributed by atoms with Gasteiger partial charge in [0.25, 0.3) is 0 Å². The summed E-state index contributed by atoms with van der Waals surface area (Å²) in [5.41, 5.74) is 4.40. The SMILES string of the molecule is C=C/C(=C\C=C/C)COc1ccc(CC(=C)C)cc1OCc1ccccc1.CC. The van der Waals surface area contributed by atoms with E-state index in [0.717, 1.165) is 40.2 Å². The fourth-order valence-corrected chi connectivity index (χ4v) is 2.53. The van der Waals surface area contributed by atoms with Gasteiger partial charge < -0.3 is 9.47 Å². The van der Waals surface area contributed by atoms with Crippen LogP contribution in [0.4, 0.5) is 0 Å². The van der Waals surface area contributed by atoms with Crippen LogP contribution in [0.5, 0.6) is 11.5 Å². The molecule has 0 bridgehead atoms. The number of rotatable bonds is 10. The highest BCUT2D eigenvalue weighted by atomic mass is 16.5. The smallest absolute Gasteiger partial charge is 0.161 e. The first kappa shape index (κ1) is 24.0. The Kier molecular flexibility index (Phi) is 11.7. The minimum Gasteiger partial charge on any atom is -0.485 e. The normalized spacial score (nSPS) is 10.8. The van der Waals surface area contributed by atoms with Crippen molar-refractivity contribution in [3.63, 3.8) is 0 Å². The third-order valence-corrected chi connectivity index (χ3v) is 3.91.